The monoisotopic (exact) mass is 432 g/mol. The standard InChI is InChI=1S/C21H18ClFN2O3S/c1-25(29(27,28)20-11-7-17(22)8-12-20)19-9-5-16(6-10-19)21(26)24-14-15-3-2-4-18(23)13-15/h2-13H,14H2,1H3,(H,24,26). The van der Waals surface area contributed by atoms with E-state index in [2.05, 4.69) is 5.32 Å². The summed E-state index contributed by atoms with van der Waals surface area (Å²) < 4.78 is 39.8. The summed E-state index contributed by atoms with van der Waals surface area (Å²) in [5.74, 6) is -0.713. The van der Waals surface area contributed by atoms with Crippen LogP contribution in [0.15, 0.2) is 77.7 Å². The third-order valence-electron chi connectivity index (χ3n) is 4.31. The van der Waals surface area contributed by atoms with Crippen molar-refractivity contribution in [2.75, 3.05) is 11.4 Å². The Bertz CT molecular complexity index is 1120. The van der Waals surface area contributed by atoms with E-state index in [0.29, 0.717) is 21.8 Å². The zero-order chi connectivity index (χ0) is 21.0. The molecule has 29 heavy (non-hydrogen) atoms. The van der Waals surface area contributed by atoms with Gasteiger partial charge in [-0.15, -0.1) is 0 Å². The molecule has 150 valence electrons. The molecule has 0 heterocycles. The topological polar surface area (TPSA) is 66.5 Å². The van der Waals surface area contributed by atoms with Crippen molar-refractivity contribution in [1.29, 1.82) is 0 Å². The Balaban J connectivity index is 1.70. The lowest BCUT2D eigenvalue weighted by molar-refractivity contribution is 0.0951. The zero-order valence-corrected chi connectivity index (χ0v) is 17.0. The first-order valence-corrected chi connectivity index (χ1v) is 10.5. The van der Waals surface area contributed by atoms with Crippen LogP contribution < -0.4 is 9.62 Å². The molecule has 0 unspecified atom stereocenters. The van der Waals surface area contributed by atoms with Crippen molar-refractivity contribution < 1.29 is 17.6 Å². The van der Waals surface area contributed by atoms with Gasteiger partial charge in [0.1, 0.15) is 5.82 Å². The molecule has 0 bridgehead atoms. The first-order valence-electron chi connectivity index (χ1n) is 8.64. The Morgan fingerprint density at radius 3 is 2.31 bits per heavy atom. The van der Waals surface area contributed by atoms with Crippen molar-refractivity contribution in [3.05, 3.63) is 94.8 Å². The van der Waals surface area contributed by atoms with Gasteiger partial charge in [0, 0.05) is 24.2 Å². The third kappa shape index (κ3) is 4.93. The molecule has 0 saturated heterocycles. The van der Waals surface area contributed by atoms with Crippen molar-refractivity contribution in [3.8, 4) is 0 Å². The zero-order valence-electron chi connectivity index (χ0n) is 15.5. The van der Waals surface area contributed by atoms with Gasteiger partial charge >= 0.3 is 0 Å². The summed E-state index contributed by atoms with van der Waals surface area (Å²) in [6, 6.07) is 18.0. The summed E-state index contributed by atoms with van der Waals surface area (Å²) in [5, 5.41) is 3.15. The SMILES string of the molecule is CN(c1ccc(C(=O)NCc2cccc(F)c2)cc1)S(=O)(=O)c1ccc(Cl)cc1. The van der Waals surface area contributed by atoms with Crippen molar-refractivity contribution in [3.63, 3.8) is 0 Å². The maximum Gasteiger partial charge on any atom is 0.264 e. The van der Waals surface area contributed by atoms with E-state index >= 15 is 0 Å². The average Bonchev–Trinajstić information content (AvgIpc) is 2.72. The van der Waals surface area contributed by atoms with Gasteiger partial charge in [0.15, 0.2) is 0 Å². The van der Waals surface area contributed by atoms with Gasteiger partial charge in [-0.1, -0.05) is 23.7 Å². The van der Waals surface area contributed by atoms with Crippen LogP contribution in [-0.4, -0.2) is 21.4 Å². The van der Waals surface area contributed by atoms with Crippen molar-refractivity contribution in [2.45, 2.75) is 11.4 Å². The minimum Gasteiger partial charge on any atom is -0.348 e. The number of benzene rings is 3. The molecule has 0 aliphatic heterocycles. The minimum absolute atomic E-state index is 0.112. The van der Waals surface area contributed by atoms with E-state index in [4.69, 9.17) is 11.6 Å². The highest BCUT2D eigenvalue weighted by Crippen LogP contribution is 2.23. The second-order valence-electron chi connectivity index (χ2n) is 6.29. The number of halogens is 2. The van der Waals surface area contributed by atoms with Crippen LogP contribution in [0.4, 0.5) is 10.1 Å². The lowest BCUT2D eigenvalue weighted by Crippen LogP contribution is -2.27. The number of nitrogens with zero attached hydrogens (tertiary/aromatic N) is 1. The Hall–Kier alpha value is -2.90. The van der Waals surface area contributed by atoms with Crippen LogP contribution >= 0.6 is 11.6 Å². The maximum absolute atomic E-state index is 13.2. The Kier molecular flexibility index (Phi) is 6.20. The molecular weight excluding hydrogens is 415 g/mol. The Labute approximate surface area is 173 Å². The van der Waals surface area contributed by atoms with Gasteiger partial charge in [0.2, 0.25) is 0 Å². The highest BCUT2D eigenvalue weighted by molar-refractivity contribution is 7.92. The fourth-order valence-corrected chi connectivity index (χ4v) is 3.98. The van der Waals surface area contributed by atoms with Gasteiger partial charge in [0.25, 0.3) is 15.9 Å². The van der Waals surface area contributed by atoms with Crippen LogP contribution in [-0.2, 0) is 16.6 Å². The number of hydrogen-bond acceptors (Lipinski definition) is 3. The molecule has 1 N–H and O–H groups in total. The molecule has 0 atom stereocenters. The first kappa shape index (κ1) is 20.8. The molecule has 5 nitrogen and oxygen atoms in total. The predicted octanol–water partition coefficient (Wildman–Crippen LogP) is 4.23. The smallest absolute Gasteiger partial charge is 0.264 e. The molecule has 3 aromatic rings. The normalized spacial score (nSPS) is 11.1. The van der Waals surface area contributed by atoms with Crippen LogP contribution in [0.25, 0.3) is 0 Å². The van der Waals surface area contributed by atoms with Gasteiger partial charge in [0.05, 0.1) is 10.6 Å². The molecule has 3 rings (SSSR count). The molecule has 1 amide bonds. The van der Waals surface area contributed by atoms with E-state index in [-0.39, 0.29) is 23.2 Å². The van der Waals surface area contributed by atoms with Crippen LogP contribution in [0, 0.1) is 5.82 Å². The molecule has 0 aromatic heterocycles. The summed E-state index contributed by atoms with van der Waals surface area (Å²) in [5.41, 5.74) is 1.41. The Morgan fingerprint density at radius 2 is 1.69 bits per heavy atom. The number of anilines is 1. The first-order chi connectivity index (χ1) is 13.8. The number of carbonyl (C=O) groups is 1. The van der Waals surface area contributed by atoms with E-state index in [1.165, 1.54) is 55.6 Å². The molecule has 0 fully saturated rings. The van der Waals surface area contributed by atoms with Crippen LogP contribution in [0.5, 0.6) is 0 Å². The van der Waals surface area contributed by atoms with Gasteiger partial charge in [-0.3, -0.25) is 9.10 Å². The van der Waals surface area contributed by atoms with Crippen LogP contribution in [0.2, 0.25) is 5.02 Å². The van der Waals surface area contributed by atoms with Crippen molar-refractivity contribution in [2.24, 2.45) is 0 Å². The lowest BCUT2D eigenvalue weighted by Gasteiger charge is -2.19. The molecular formula is C21H18ClFN2O3S. The molecule has 3 aromatic carbocycles. The average molecular weight is 433 g/mol. The summed E-state index contributed by atoms with van der Waals surface area (Å²) >= 11 is 5.81. The van der Waals surface area contributed by atoms with E-state index < -0.39 is 10.0 Å². The largest absolute Gasteiger partial charge is 0.348 e. The van der Waals surface area contributed by atoms with Crippen molar-refractivity contribution in [1.82, 2.24) is 5.32 Å². The van der Waals surface area contributed by atoms with E-state index in [1.54, 1.807) is 24.3 Å². The fourth-order valence-electron chi connectivity index (χ4n) is 2.66. The fraction of sp³-hybridized carbons (Fsp3) is 0.0952. The van der Waals surface area contributed by atoms with E-state index in [9.17, 15) is 17.6 Å². The summed E-state index contributed by atoms with van der Waals surface area (Å²) in [4.78, 5) is 12.4. The molecule has 0 aliphatic rings. The predicted molar refractivity (Wildman–Crippen MR) is 111 cm³/mol. The molecule has 0 spiro atoms. The van der Waals surface area contributed by atoms with Gasteiger partial charge in [-0.05, 0) is 66.2 Å². The van der Waals surface area contributed by atoms with Gasteiger partial charge in [-0.25, -0.2) is 12.8 Å². The van der Waals surface area contributed by atoms with E-state index in [0.717, 1.165) is 4.31 Å². The van der Waals surface area contributed by atoms with Crippen LogP contribution in [0.1, 0.15) is 15.9 Å². The van der Waals surface area contributed by atoms with E-state index in [1.807, 2.05) is 0 Å². The highest BCUT2D eigenvalue weighted by Gasteiger charge is 2.21. The number of amides is 1. The summed E-state index contributed by atoms with van der Waals surface area (Å²) in [6.07, 6.45) is 0. The van der Waals surface area contributed by atoms with Crippen molar-refractivity contribution >= 4 is 33.2 Å². The number of carbonyl (C=O) groups excluding carboxylic acids is 1. The third-order valence-corrected chi connectivity index (χ3v) is 6.36. The second kappa shape index (κ2) is 8.63. The Morgan fingerprint density at radius 1 is 1.03 bits per heavy atom. The van der Waals surface area contributed by atoms with Gasteiger partial charge < -0.3 is 5.32 Å². The molecule has 0 aliphatic carbocycles. The number of hydrogen-bond donors (Lipinski definition) is 1. The number of nitrogens with one attached hydrogen (secondary N) is 1. The summed E-state index contributed by atoms with van der Waals surface area (Å²) in [7, 11) is -2.32. The molecule has 0 radical (unpaired) electrons. The quantitative estimate of drug-likeness (QED) is 0.633. The van der Waals surface area contributed by atoms with Gasteiger partial charge in [-0.2, -0.15) is 0 Å². The molecule has 8 heteroatoms. The number of sulfonamides is 1. The van der Waals surface area contributed by atoms with Crippen LogP contribution in [0.3, 0.4) is 0 Å². The maximum atomic E-state index is 13.2. The number of rotatable bonds is 6. The lowest BCUT2D eigenvalue weighted by atomic mass is 10.1. The minimum atomic E-state index is -3.75. The second-order valence-corrected chi connectivity index (χ2v) is 8.69. The highest BCUT2D eigenvalue weighted by atomic mass is 35.5. The molecule has 0 saturated carbocycles. The summed E-state index contributed by atoms with van der Waals surface area (Å²) in [6.45, 7) is 0.184.